The number of carbonyl (C=O) groups excluding carboxylic acids is 2. The van der Waals surface area contributed by atoms with Crippen molar-refractivity contribution in [1.29, 1.82) is 0 Å². The molecular weight excluding hydrogens is 371 g/mol. The molecule has 0 aromatic rings. The van der Waals surface area contributed by atoms with Crippen LogP contribution in [-0.2, 0) is 14.4 Å². The first-order valence-corrected chi connectivity index (χ1v) is 8.55. The minimum absolute atomic E-state index is 0.0172. The number of nitrogens with one attached hydrogen (secondary N) is 1. The molecule has 27 heavy (non-hydrogen) atoms. The average molecular weight is 397 g/mol. The van der Waals surface area contributed by atoms with E-state index in [1.807, 2.05) is 0 Å². The van der Waals surface area contributed by atoms with Crippen molar-refractivity contribution in [3.63, 3.8) is 0 Å². The van der Waals surface area contributed by atoms with Gasteiger partial charge in [-0.3, -0.25) is 9.59 Å². The highest BCUT2D eigenvalue weighted by Gasteiger charge is 2.41. The molecule has 2 aliphatic heterocycles. The second kappa shape index (κ2) is 8.87. The van der Waals surface area contributed by atoms with Gasteiger partial charge in [-0.15, -0.1) is 0 Å². The van der Waals surface area contributed by atoms with Crippen molar-refractivity contribution in [2.24, 2.45) is 17.1 Å². The number of aliphatic hydroxyl groups excluding tert-OH is 1. The molecule has 2 fully saturated rings. The third kappa shape index (κ3) is 6.98. The van der Waals surface area contributed by atoms with Crippen LogP contribution in [0, 0.1) is 11.3 Å². The molecule has 2 aliphatic rings. The van der Waals surface area contributed by atoms with Gasteiger partial charge in [0.1, 0.15) is 6.10 Å². The van der Waals surface area contributed by atoms with Crippen LogP contribution in [0.4, 0.5) is 13.2 Å². The van der Waals surface area contributed by atoms with Gasteiger partial charge in [0.2, 0.25) is 5.91 Å². The Balaban J connectivity index is 0.000000445. The Bertz CT molecular complexity index is 560. The third-order valence-electron chi connectivity index (χ3n) is 4.41. The second-order valence-corrected chi connectivity index (χ2v) is 7.64. The Kier molecular flexibility index (Phi) is 7.61. The first kappa shape index (κ1) is 23.2. The summed E-state index contributed by atoms with van der Waals surface area (Å²) in [4.78, 5) is 34.3. The molecule has 2 saturated heterocycles. The molecule has 0 spiro atoms. The van der Waals surface area contributed by atoms with Crippen LogP contribution in [0.3, 0.4) is 0 Å². The summed E-state index contributed by atoms with van der Waals surface area (Å²) in [6.45, 7) is 6.17. The SMILES string of the molecule is CC1(C)CN(C(=O)C(O)[C@@H](N)C[C@@H]2CCCNC2=O)C1.O=C(O)C(F)(F)F. The summed E-state index contributed by atoms with van der Waals surface area (Å²) in [5.74, 6) is -3.27. The molecule has 0 bridgehead atoms. The van der Waals surface area contributed by atoms with Gasteiger partial charge < -0.3 is 26.2 Å². The molecule has 8 nitrogen and oxygen atoms in total. The standard InChI is InChI=1S/C14H25N3O3.C2HF3O2/c1-14(2)7-17(8-14)13(20)11(18)10(15)6-9-4-3-5-16-12(9)19;3-2(4,5)1(6)7/h9-11,18H,3-8,15H2,1-2H3,(H,16,19);(H,6,7)/t9-,10-,11?;/m0./s1. The van der Waals surface area contributed by atoms with Gasteiger partial charge in [-0.25, -0.2) is 4.79 Å². The number of alkyl halides is 3. The van der Waals surface area contributed by atoms with E-state index in [4.69, 9.17) is 15.6 Å². The number of hydrogen-bond donors (Lipinski definition) is 4. The number of aliphatic carboxylic acids is 1. The highest BCUT2D eigenvalue weighted by atomic mass is 19.4. The van der Waals surface area contributed by atoms with Gasteiger partial charge in [0, 0.05) is 31.6 Å². The van der Waals surface area contributed by atoms with E-state index < -0.39 is 24.3 Å². The molecule has 3 atom stereocenters. The van der Waals surface area contributed by atoms with E-state index in [2.05, 4.69) is 19.2 Å². The highest BCUT2D eigenvalue weighted by molar-refractivity contribution is 5.83. The highest BCUT2D eigenvalue weighted by Crippen LogP contribution is 2.29. The van der Waals surface area contributed by atoms with E-state index in [1.165, 1.54) is 0 Å². The second-order valence-electron chi connectivity index (χ2n) is 7.64. The predicted octanol–water partition coefficient (Wildman–Crippen LogP) is 0.0926. The molecule has 0 aromatic heterocycles. The number of rotatable bonds is 4. The summed E-state index contributed by atoms with van der Waals surface area (Å²) in [5, 5.41) is 20.0. The lowest BCUT2D eigenvalue weighted by molar-refractivity contribution is -0.192. The van der Waals surface area contributed by atoms with Crippen LogP contribution in [0.5, 0.6) is 0 Å². The number of nitrogens with two attached hydrogens (primary N) is 1. The number of aliphatic hydroxyl groups is 1. The van der Waals surface area contributed by atoms with Gasteiger partial charge in [0.25, 0.3) is 5.91 Å². The Morgan fingerprint density at radius 1 is 1.37 bits per heavy atom. The molecule has 0 aliphatic carbocycles. The van der Waals surface area contributed by atoms with Crippen LogP contribution < -0.4 is 11.1 Å². The van der Waals surface area contributed by atoms with E-state index in [9.17, 15) is 27.9 Å². The van der Waals surface area contributed by atoms with Crippen LogP contribution in [0.25, 0.3) is 0 Å². The number of carboxylic acid groups (broad SMARTS) is 1. The Hall–Kier alpha value is -1.88. The molecular formula is C16H26F3N3O5. The van der Waals surface area contributed by atoms with Crippen LogP contribution in [-0.4, -0.2) is 70.9 Å². The van der Waals surface area contributed by atoms with Crippen molar-refractivity contribution in [2.75, 3.05) is 19.6 Å². The van der Waals surface area contributed by atoms with Crippen molar-refractivity contribution in [1.82, 2.24) is 10.2 Å². The average Bonchev–Trinajstić information content (AvgIpc) is 2.53. The summed E-state index contributed by atoms with van der Waals surface area (Å²) in [7, 11) is 0. The lowest BCUT2D eigenvalue weighted by Gasteiger charge is -2.47. The Morgan fingerprint density at radius 3 is 2.30 bits per heavy atom. The first-order valence-electron chi connectivity index (χ1n) is 8.55. The topological polar surface area (TPSA) is 133 Å². The third-order valence-corrected chi connectivity index (χ3v) is 4.41. The van der Waals surface area contributed by atoms with E-state index >= 15 is 0 Å². The predicted molar refractivity (Wildman–Crippen MR) is 88.4 cm³/mol. The lowest BCUT2D eigenvalue weighted by atomic mass is 9.83. The van der Waals surface area contributed by atoms with Gasteiger partial charge in [-0.05, 0) is 24.7 Å². The van der Waals surface area contributed by atoms with Gasteiger partial charge >= 0.3 is 12.1 Å². The lowest BCUT2D eigenvalue weighted by Crippen LogP contribution is -2.60. The normalized spacial score (nSPS) is 23.9. The number of carbonyl (C=O) groups is 3. The summed E-state index contributed by atoms with van der Waals surface area (Å²) in [6, 6.07) is -0.680. The summed E-state index contributed by atoms with van der Waals surface area (Å²) in [6.07, 6.45) is -4.23. The molecule has 0 aromatic carbocycles. The van der Waals surface area contributed by atoms with Crippen LogP contribution in [0.2, 0.25) is 0 Å². The molecule has 11 heteroatoms. The first-order chi connectivity index (χ1) is 12.2. The van der Waals surface area contributed by atoms with Gasteiger partial charge in [0.15, 0.2) is 0 Å². The minimum Gasteiger partial charge on any atom is -0.475 e. The fourth-order valence-electron chi connectivity index (χ4n) is 3.03. The maximum absolute atomic E-state index is 12.1. The van der Waals surface area contributed by atoms with Gasteiger partial charge in [-0.1, -0.05) is 13.8 Å². The zero-order chi connectivity index (χ0) is 21.0. The van der Waals surface area contributed by atoms with Crippen molar-refractivity contribution in [3.8, 4) is 0 Å². The molecule has 2 heterocycles. The van der Waals surface area contributed by atoms with Crippen molar-refractivity contribution < 1.29 is 37.8 Å². The van der Waals surface area contributed by atoms with E-state index in [0.717, 1.165) is 12.8 Å². The summed E-state index contributed by atoms with van der Waals surface area (Å²) in [5.41, 5.74) is 6.05. The Morgan fingerprint density at radius 2 is 1.89 bits per heavy atom. The quantitative estimate of drug-likeness (QED) is 0.532. The van der Waals surface area contributed by atoms with Crippen LogP contribution in [0.15, 0.2) is 0 Å². The van der Waals surface area contributed by atoms with Crippen LogP contribution in [0.1, 0.15) is 33.1 Å². The van der Waals surface area contributed by atoms with E-state index in [1.54, 1.807) is 4.90 Å². The zero-order valence-corrected chi connectivity index (χ0v) is 15.3. The molecule has 0 radical (unpaired) electrons. The number of likely N-dealkylation sites (tertiary alicyclic amines) is 1. The van der Waals surface area contributed by atoms with Crippen molar-refractivity contribution >= 4 is 17.8 Å². The molecule has 1 unspecified atom stereocenters. The molecule has 0 saturated carbocycles. The van der Waals surface area contributed by atoms with Gasteiger partial charge in [-0.2, -0.15) is 13.2 Å². The summed E-state index contributed by atoms with van der Waals surface area (Å²) < 4.78 is 31.7. The fourth-order valence-corrected chi connectivity index (χ4v) is 3.03. The largest absolute Gasteiger partial charge is 0.490 e. The van der Waals surface area contributed by atoms with Crippen LogP contribution >= 0.6 is 0 Å². The number of piperidine rings is 1. The van der Waals surface area contributed by atoms with Crippen molar-refractivity contribution in [3.05, 3.63) is 0 Å². The van der Waals surface area contributed by atoms with E-state index in [-0.39, 0.29) is 23.1 Å². The number of hydrogen-bond acceptors (Lipinski definition) is 5. The van der Waals surface area contributed by atoms with Crippen molar-refractivity contribution in [2.45, 2.75) is 51.4 Å². The smallest absolute Gasteiger partial charge is 0.475 e. The number of carboxylic acids is 1. The molecule has 2 rings (SSSR count). The maximum Gasteiger partial charge on any atom is 0.490 e. The zero-order valence-electron chi connectivity index (χ0n) is 15.3. The van der Waals surface area contributed by atoms with Gasteiger partial charge in [0.05, 0.1) is 0 Å². The number of nitrogens with zero attached hydrogens (tertiary/aromatic N) is 1. The summed E-state index contributed by atoms with van der Waals surface area (Å²) >= 11 is 0. The monoisotopic (exact) mass is 397 g/mol. The molecule has 156 valence electrons. The number of halogens is 3. The molecule has 5 N–H and O–H groups in total. The fraction of sp³-hybridized carbons (Fsp3) is 0.812. The maximum atomic E-state index is 12.1. The van der Waals surface area contributed by atoms with E-state index in [0.29, 0.717) is 26.1 Å². The minimum atomic E-state index is -5.08. The molecule has 2 amide bonds. The number of amides is 2. The Labute approximate surface area is 154 Å².